The predicted octanol–water partition coefficient (Wildman–Crippen LogP) is 1.36. The smallest absolute Gasteiger partial charge is 0.313 e. The van der Waals surface area contributed by atoms with E-state index < -0.39 is 5.41 Å². The van der Waals surface area contributed by atoms with E-state index in [1.54, 1.807) is 20.8 Å². The molecular weight excluding hydrogens is 335 g/mol. The van der Waals surface area contributed by atoms with Gasteiger partial charge in [-0.25, -0.2) is 4.98 Å². The number of hydrogen-bond acceptors (Lipinski definition) is 4. The highest BCUT2D eigenvalue weighted by Gasteiger charge is 2.30. The first-order chi connectivity index (χ1) is 7.79. The Morgan fingerprint density at radius 2 is 2.18 bits per heavy atom. The second-order valence-electron chi connectivity index (χ2n) is 4.42. The molecule has 0 aliphatic rings. The SMILES string of the molecule is COC(=O)C(C)(C)Cn1c(C)ncc(I)c1=O. The van der Waals surface area contributed by atoms with E-state index in [-0.39, 0.29) is 18.1 Å². The number of halogens is 1. The number of carbonyl (C=O) groups excluding carboxylic acids is 1. The normalized spacial score (nSPS) is 11.4. The van der Waals surface area contributed by atoms with Crippen molar-refractivity contribution in [3.05, 3.63) is 25.9 Å². The first-order valence-corrected chi connectivity index (χ1v) is 6.18. The lowest BCUT2D eigenvalue weighted by Crippen LogP contribution is -2.37. The van der Waals surface area contributed by atoms with Crippen LogP contribution < -0.4 is 5.56 Å². The van der Waals surface area contributed by atoms with Gasteiger partial charge in [0.1, 0.15) is 5.82 Å². The maximum Gasteiger partial charge on any atom is 0.313 e. The number of ether oxygens (including phenoxy) is 1. The largest absolute Gasteiger partial charge is 0.469 e. The van der Waals surface area contributed by atoms with Gasteiger partial charge in [-0.1, -0.05) is 0 Å². The summed E-state index contributed by atoms with van der Waals surface area (Å²) in [5.74, 6) is 0.245. The zero-order valence-corrected chi connectivity index (χ0v) is 12.4. The Hall–Kier alpha value is -0.920. The Bertz CT molecular complexity index is 494. The van der Waals surface area contributed by atoms with Crippen LogP contribution in [0.15, 0.2) is 11.0 Å². The Kier molecular flexibility index (Phi) is 4.29. The third kappa shape index (κ3) is 3.05. The molecule has 0 aliphatic carbocycles. The number of methoxy groups -OCH3 is 1. The lowest BCUT2D eigenvalue weighted by Gasteiger charge is -2.23. The maximum absolute atomic E-state index is 11.9. The molecular formula is C11H15IN2O3. The minimum Gasteiger partial charge on any atom is -0.469 e. The van der Waals surface area contributed by atoms with Crippen molar-refractivity contribution < 1.29 is 9.53 Å². The third-order valence-electron chi connectivity index (χ3n) is 2.50. The second kappa shape index (κ2) is 5.16. The number of aromatic nitrogens is 2. The lowest BCUT2D eigenvalue weighted by molar-refractivity contribution is -0.151. The Labute approximate surface area is 113 Å². The average molecular weight is 350 g/mol. The Balaban J connectivity index is 3.16. The molecule has 1 aromatic heterocycles. The number of esters is 1. The highest BCUT2D eigenvalue weighted by molar-refractivity contribution is 14.1. The average Bonchev–Trinajstić information content (AvgIpc) is 2.28. The van der Waals surface area contributed by atoms with Crippen molar-refractivity contribution in [2.45, 2.75) is 27.3 Å². The van der Waals surface area contributed by atoms with Crippen LogP contribution in [0.25, 0.3) is 0 Å². The van der Waals surface area contributed by atoms with Gasteiger partial charge in [-0.3, -0.25) is 14.2 Å². The predicted molar refractivity (Wildman–Crippen MR) is 71.7 cm³/mol. The van der Waals surface area contributed by atoms with E-state index in [0.29, 0.717) is 9.39 Å². The van der Waals surface area contributed by atoms with E-state index in [2.05, 4.69) is 4.98 Å². The van der Waals surface area contributed by atoms with Crippen molar-refractivity contribution in [3.63, 3.8) is 0 Å². The number of hydrogen-bond donors (Lipinski definition) is 0. The molecule has 0 saturated carbocycles. The minimum atomic E-state index is -0.755. The van der Waals surface area contributed by atoms with Gasteiger partial charge in [0.25, 0.3) is 5.56 Å². The molecule has 0 amide bonds. The van der Waals surface area contributed by atoms with Crippen LogP contribution in [0.2, 0.25) is 0 Å². The Morgan fingerprint density at radius 3 is 2.71 bits per heavy atom. The van der Waals surface area contributed by atoms with Crippen LogP contribution in [0.5, 0.6) is 0 Å². The van der Waals surface area contributed by atoms with Gasteiger partial charge in [-0.15, -0.1) is 0 Å². The summed E-state index contributed by atoms with van der Waals surface area (Å²) in [5.41, 5.74) is -0.884. The fraction of sp³-hybridized carbons (Fsp3) is 0.545. The molecule has 17 heavy (non-hydrogen) atoms. The molecule has 0 radical (unpaired) electrons. The van der Waals surface area contributed by atoms with E-state index in [4.69, 9.17) is 4.74 Å². The molecule has 94 valence electrons. The van der Waals surface area contributed by atoms with Crippen LogP contribution in [-0.2, 0) is 16.1 Å². The summed E-state index contributed by atoms with van der Waals surface area (Å²) in [6.07, 6.45) is 1.53. The Morgan fingerprint density at radius 1 is 1.59 bits per heavy atom. The van der Waals surface area contributed by atoms with Gasteiger partial charge >= 0.3 is 5.97 Å². The van der Waals surface area contributed by atoms with Gasteiger partial charge in [-0.2, -0.15) is 0 Å². The van der Waals surface area contributed by atoms with Crippen LogP contribution in [-0.4, -0.2) is 22.6 Å². The van der Waals surface area contributed by atoms with Gasteiger partial charge < -0.3 is 4.74 Å². The molecule has 0 aromatic carbocycles. The van der Waals surface area contributed by atoms with Gasteiger partial charge in [0.2, 0.25) is 0 Å². The number of aryl methyl sites for hydroxylation is 1. The van der Waals surface area contributed by atoms with Crippen molar-refractivity contribution in [1.29, 1.82) is 0 Å². The van der Waals surface area contributed by atoms with Gasteiger partial charge in [-0.05, 0) is 43.4 Å². The zero-order chi connectivity index (χ0) is 13.2. The minimum absolute atomic E-state index is 0.130. The second-order valence-corrected chi connectivity index (χ2v) is 5.58. The summed E-state index contributed by atoms with van der Waals surface area (Å²) in [4.78, 5) is 27.6. The quantitative estimate of drug-likeness (QED) is 0.610. The van der Waals surface area contributed by atoms with Crippen LogP contribution in [0.1, 0.15) is 19.7 Å². The fourth-order valence-corrected chi connectivity index (χ4v) is 1.90. The molecule has 0 aliphatic heterocycles. The number of nitrogens with zero attached hydrogens (tertiary/aromatic N) is 2. The van der Waals surface area contributed by atoms with Gasteiger partial charge in [0.15, 0.2) is 0 Å². The van der Waals surface area contributed by atoms with Crippen molar-refractivity contribution in [1.82, 2.24) is 9.55 Å². The third-order valence-corrected chi connectivity index (χ3v) is 3.24. The summed E-state index contributed by atoms with van der Waals surface area (Å²) in [6.45, 7) is 5.48. The molecule has 1 heterocycles. The molecule has 6 heteroatoms. The molecule has 0 saturated heterocycles. The topological polar surface area (TPSA) is 61.2 Å². The first kappa shape index (κ1) is 14.1. The molecule has 1 aromatic rings. The summed E-state index contributed by atoms with van der Waals surface area (Å²) in [5, 5.41) is 0. The molecule has 0 spiro atoms. The van der Waals surface area contributed by atoms with Crippen LogP contribution in [0, 0.1) is 15.9 Å². The summed E-state index contributed by atoms with van der Waals surface area (Å²) in [7, 11) is 1.34. The molecule has 0 fully saturated rings. The number of rotatable bonds is 3. The summed E-state index contributed by atoms with van der Waals surface area (Å²) >= 11 is 1.93. The number of carbonyl (C=O) groups is 1. The van der Waals surface area contributed by atoms with Crippen molar-refractivity contribution in [2.24, 2.45) is 5.41 Å². The van der Waals surface area contributed by atoms with Crippen LogP contribution in [0.4, 0.5) is 0 Å². The van der Waals surface area contributed by atoms with E-state index in [1.807, 2.05) is 22.6 Å². The molecule has 5 nitrogen and oxygen atoms in total. The summed E-state index contributed by atoms with van der Waals surface area (Å²) < 4.78 is 6.76. The van der Waals surface area contributed by atoms with E-state index >= 15 is 0 Å². The monoisotopic (exact) mass is 350 g/mol. The molecule has 1 rings (SSSR count). The van der Waals surface area contributed by atoms with Gasteiger partial charge in [0.05, 0.1) is 16.1 Å². The van der Waals surface area contributed by atoms with E-state index in [9.17, 15) is 9.59 Å². The van der Waals surface area contributed by atoms with E-state index in [1.165, 1.54) is 17.9 Å². The lowest BCUT2D eigenvalue weighted by atomic mass is 9.93. The highest BCUT2D eigenvalue weighted by atomic mass is 127. The fourth-order valence-electron chi connectivity index (χ4n) is 1.47. The standard InChI is InChI=1S/C11H15IN2O3/c1-7-13-5-8(12)9(15)14(7)6-11(2,3)10(16)17-4/h5H,6H2,1-4H3. The highest BCUT2D eigenvalue weighted by Crippen LogP contribution is 2.19. The van der Waals surface area contributed by atoms with Crippen LogP contribution >= 0.6 is 22.6 Å². The van der Waals surface area contributed by atoms with E-state index in [0.717, 1.165) is 0 Å². The first-order valence-electron chi connectivity index (χ1n) is 5.10. The van der Waals surface area contributed by atoms with Crippen molar-refractivity contribution in [2.75, 3.05) is 7.11 Å². The van der Waals surface area contributed by atoms with Gasteiger partial charge in [0, 0.05) is 12.7 Å². The molecule has 0 N–H and O–H groups in total. The van der Waals surface area contributed by atoms with Crippen molar-refractivity contribution >= 4 is 28.6 Å². The molecule has 0 unspecified atom stereocenters. The van der Waals surface area contributed by atoms with Crippen LogP contribution in [0.3, 0.4) is 0 Å². The van der Waals surface area contributed by atoms with Crippen molar-refractivity contribution in [3.8, 4) is 0 Å². The summed E-state index contributed by atoms with van der Waals surface area (Å²) in [6, 6.07) is 0. The zero-order valence-electron chi connectivity index (χ0n) is 10.3. The molecule has 0 atom stereocenters. The maximum atomic E-state index is 11.9. The molecule has 0 bridgehead atoms.